The normalized spacial score (nSPS) is 11.2. The van der Waals surface area contributed by atoms with Crippen molar-refractivity contribution in [1.29, 1.82) is 0 Å². The molecule has 0 aliphatic rings. The Kier molecular flexibility index (Phi) is 2.00. The smallest absolute Gasteiger partial charge is 0.328 e. The fourth-order valence-electron chi connectivity index (χ4n) is 1.97. The molecule has 0 aliphatic heterocycles. The highest BCUT2D eigenvalue weighted by Crippen LogP contribution is 2.13. The third kappa shape index (κ3) is 1.32. The quantitative estimate of drug-likeness (QED) is 0.547. The minimum absolute atomic E-state index is 0.168. The number of nitrogens with one attached hydrogen (secondary N) is 2. The fourth-order valence-corrected chi connectivity index (χ4v) is 1.97. The van der Waals surface area contributed by atoms with Gasteiger partial charge < -0.3 is 9.97 Å². The van der Waals surface area contributed by atoms with E-state index in [-0.39, 0.29) is 5.43 Å². The molecule has 2 heterocycles. The highest BCUT2D eigenvalue weighted by molar-refractivity contribution is 5.93. The summed E-state index contributed by atoms with van der Waals surface area (Å²) < 4.78 is 0.977. The Labute approximate surface area is 99.5 Å². The molecule has 0 unspecified atom stereocenters. The summed E-state index contributed by atoms with van der Waals surface area (Å²) in [6, 6.07) is 4.49. The molecule has 0 aliphatic carbocycles. The Hall–Kier alpha value is -2.63. The molecule has 3 aromatic rings. The van der Waals surface area contributed by atoms with Crippen LogP contribution >= 0.6 is 0 Å². The lowest BCUT2D eigenvalue weighted by Gasteiger charge is -2.03. The molecule has 0 bridgehead atoms. The summed E-state index contributed by atoms with van der Waals surface area (Å²) in [5.41, 5.74) is -0.0701. The molecule has 0 spiro atoms. The number of aromatic amines is 2. The summed E-state index contributed by atoms with van der Waals surface area (Å²) in [5.74, 6) is 0. The van der Waals surface area contributed by atoms with Crippen LogP contribution in [0.25, 0.3) is 21.8 Å². The number of benzene rings is 1. The van der Waals surface area contributed by atoms with Gasteiger partial charge >= 0.3 is 5.69 Å². The Morgan fingerprint density at radius 2 is 1.83 bits per heavy atom. The van der Waals surface area contributed by atoms with Crippen molar-refractivity contribution in [2.45, 2.75) is 0 Å². The van der Waals surface area contributed by atoms with Crippen molar-refractivity contribution >= 4 is 21.8 Å². The molecule has 2 aromatic heterocycles. The Morgan fingerprint density at radius 3 is 2.61 bits per heavy atom. The van der Waals surface area contributed by atoms with E-state index in [9.17, 15) is 14.4 Å². The Bertz CT molecular complexity index is 947. The van der Waals surface area contributed by atoms with Crippen LogP contribution in [0.1, 0.15) is 0 Å². The molecular formula is C12H9N3O3. The van der Waals surface area contributed by atoms with Crippen molar-refractivity contribution in [1.82, 2.24) is 14.5 Å². The molecule has 0 amide bonds. The van der Waals surface area contributed by atoms with Crippen LogP contribution in [0.4, 0.5) is 0 Å². The van der Waals surface area contributed by atoms with Crippen molar-refractivity contribution in [2.75, 3.05) is 0 Å². The van der Waals surface area contributed by atoms with Crippen LogP contribution < -0.4 is 16.7 Å². The van der Waals surface area contributed by atoms with Gasteiger partial charge in [0.05, 0.1) is 16.4 Å². The average molecular weight is 243 g/mol. The number of hydrogen-bond donors (Lipinski definition) is 2. The molecule has 0 saturated heterocycles. The Morgan fingerprint density at radius 1 is 1.06 bits per heavy atom. The number of fused-ring (bicyclic) bond motifs is 2. The first-order valence-corrected chi connectivity index (χ1v) is 5.32. The van der Waals surface area contributed by atoms with E-state index in [1.54, 1.807) is 6.07 Å². The van der Waals surface area contributed by atoms with Crippen molar-refractivity contribution in [3.63, 3.8) is 0 Å². The first-order chi connectivity index (χ1) is 8.58. The first-order valence-electron chi connectivity index (χ1n) is 5.32. The van der Waals surface area contributed by atoms with Crippen molar-refractivity contribution in [2.24, 2.45) is 7.05 Å². The van der Waals surface area contributed by atoms with Gasteiger partial charge in [0, 0.05) is 24.7 Å². The number of H-pyrrole nitrogens is 2. The molecule has 0 saturated carbocycles. The molecular weight excluding hydrogens is 234 g/mol. The molecule has 18 heavy (non-hydrogen) atoms. The van der Waals surface area contributed by atoms with Gasteiger partial charge in [0.1, 0.15) is 0 Å². The van der Waals surface area contributed by atoms with Gasteiger partial charge in [0.2, 0.25) is 0 Å². The predicted molar refractivity (Wildman–Crippen MR) is 67.9 cm³/mol. The lowest BCUT2D eigenvalue weighted by molar-refractivity contribution is 0.794. The maximum absolute atomic E-state index is 11.9. The summed E-state index contributed by atoms with van der Waals surface area (Å²) in [5, 5.41) is 0.746. The van der Waals surface area contributed by atoms with Crippen molar-refractivity contribution in [3.05, 3.63) is 55.5 Å². The molecule has 90 valence electrons. The average Bonchev–Trinajstić information content (AvgIpc) is 2.35. The second kappa shape index (κ2) is 3.43. The summed E-state index contributed by atoms with van der Waals surface area (Å²) in [6.07, 6.45) is 1.52. The second-order valence-corrected chi connectivity index (χ2v) is 4.08. The number of rotatable bonds is 0. The summed E-state index contributed by atoms with van der Waals surface area (Å²) in [7, 11) is 1.39. The van der Waals surface area contributed by atoms with Crippen LogP contribution in [0.15, 0.2) is 38.8 Å². The second-order valence-electron chi connectivity index (χ2n) is 4.08. The maximum Gasteiger partial charge on any atom is 0.328 e. The highest BCUT2D eigenvalue weighted by Gasteiger charge is 2.07. The molecule has 0 atom stereocenters. The van der Waals surface area contributed by atoms with Crippen LogP contribution in [0.3, 0.4) is 0 Å². The van der Waals surface area contributed by atoms with E-state index in [2.05, 4.69) is 9.97 Å². The zero-order valence-corrected chi connectivity index (χ0v) is 9.48. The van der Waals surface area contributed by atoms with Crippen LogP contribution in [0.2, 0.25) is 0 Å². The summed E-state index contributed by atoms with van der Waals surface area (Å²) in [6.45, 7) is 0. The fraction of sp³-hybridized carbons (Fsp3) is 0.0833. The lowest BCUT2D eigenvalue weighted by atomic mass is 10.1. The van der Waals surface area contributed by atoms with Crippen LogP contribution in [0.5, 0.6) is 0 Å². The third-order valence-corrected chi connectivity index (χ3v) is 2.98. The number of hydrogen-bond acceptors (Lipinski definition) is 3. The zero-order chi connectivity index (χ0) is 12.9. The van der Waals surface area contributed by atoms with E-state index in [0.717, 1.165) is 4.57 Å². The molecule has 3 rings (SSSR count). The van der Waals surface area contributed by atoms with Gasteiger partial charge in [-0.15, -0.1) is 0 Å². The van der Waals surface area contributed by atoms with Gasteiger partial charge in [-0.05, 0) is 12.1 Å². The molecule has 1 aromatic carbocycles. The lowest BCUT2D eigenvalue weighted by Crippen LogP contribution is -2.32. The first kappa shape index (κ1) is 10.5. The van der Waals surface area contributed by atoms with Gasteiger partial charge in [0.25, 0.3) is 5.56 Å². The van der Waals surface area contributed by atoms with Gasteiger partial charge in [-0.3, -0.25) is 14.2 Å². The monoisotopic (exact) mass is 243 g/mol. The van der Waals surface area contributed by atoms with Crippen molar-refractivity contribution < 1.29 is 0 Å². The molecule has 0 radical (unpaired) electrons. The van der Waals surface area contributed by atoms with Crippen molar-refractivity contribution in [3.8, 4) is 0 Å². The standard InChI is InChI=1S/C12H9N3O3/c1-15-11(17)7-4-6-8(13-3-2-10(6)16)5-9(7)14-12(15)18/h2-5H,1H3,(H,13,16)(H,14,18). The number of pyridine rings is 1. The maximum atomic E-state index is 11.9. The van der Waals surface area contributed by atoms with Gasteiger partial charge in [-0.1, -0.05) is 0 Å². The van der Waals surface area contributed by atoms with E-state index < -0.39 is 11.2 Å². The van der Waals surface area contributed by atoms with Crippen LogP contribution in [-0.2, 0) is 7.05 Å². The minimum atomic E-state index is -0.481. The van der Waals surface area contributed by atoms with Gasteiger partial charge in [-0.25, -0.2) is 4.79 Å². The third-order valence-electron chi connectivity index (χ3n) is 2.98. The number of aromatic nitrogens is 3. The van der Waals surface area contributed by atoms with Gasteiger partial charge in [0.15, 0.2) is 5.43 Å². The van der Waals surface area contributed by atoms with E-state index in [1.807, 2.05) is 0 Å². The molecule has 2 N–H and O–H groups in total. The van der Waals surface area contributed by atoms with Crippen LogP contribution in [-0.4, -0.2) is 14.5 Å². The zero-order valence-electron chi connectivity index (χ0n) is 9.48. The predicted octanol–water partition coefficient (Wildman–Crippen LogP) is 0.0683. The summed E-state index contributed by atoms with van der Waals surface area (Å²) >= 11 is 0. The topological polar surface area (TPSA) is 87.7 Å². The van der Waals surface area contributed by atoms with E-state index >= 15 is 0 Å². The highest BCUT2D eigenvalue weighted by atomic mass is 16.2. The van der Waals surface area contributed by atoms with Crippen LogP contribution in [0, 0.1) is 0 Å². The minimum Gasteiger partial charge on any atom is -0.361 e. The SMILES string of the molecule is Cn1c(=O)[nH]c2cc3[nH]ccc(=O)c3cc2c1=O. The molecule has 6 nitrogen and oxygen atoms in total. The molecule has 6 heteroatoms. The Balaban J connectivity index is 2.67. The molecule has 0 fully saturated rings. The largest absolute Gasteiger partial charge is 0.361 e. The van der Waals surface area contributed by atoms with E-state index in [1.165, 1.54) is 25.4 Å². The van der Waals surface area contributed by atoms with E-state index in [4.69, 9.17) is 0 Å². The van der Waals surface area contributed by atoms with Gasteiger partial charge in [-0.2, -0.15) is 0 Å². The number of nitrogens with zero attached hydrogens (tertiary/aromatic N) is 1. The summed E-state index contributed by atoms with van der Waals surface area (Å²) in [4.78, 5) is 40.6. The van der Waals surface area contributed by atoms with E-state index in [0.29, 0.717) is 21.8 Å².